The van der Waals surface area contributed by atoms with Crippen LogP contribution < -0.4 is 5.32 Å². The summed E-state index contributed by atoms with van der Waals surface area (Å²) in [4.78, 5) is 18.6. The van der Waals surface area contributed by atoms with Gasteiger partial charge in [-0.2, -0.15) is 0 Å². The Bertz CT molecular complexity index is 673. The van der Waals surface area contributed by atoms with Crippen molar-refractivity contribution in [3.8, 4) is 0 Å². The van der Waals surface area contributed by atoms with Crippen molar-refractivity contribution in [1.82, 2.24) is 14.5 Å². The largest absolute Gasteiger partial charge is 0.337 e. The highest BCUT2D eigenvalue weighted by Crippen LogP contribution is 2.19. The summed E-state index contributed by atoms with van der Waals surface area (Å²) in [5.41, 5.74) is 3.33. The van der Waals surface area contributed by atoms with Gasteiger partial charge < -0.3 is 9.88 Å². The second kappa shape index (κ2) is 7.62. The summed E-state index contributed by atoms with van der Waals surface area (Å²) in [6.07, 6.45) is 7.99. The van der Waals surface area contributed by atoms with Gasteiger partial charge in [-0.15, -0.1) is 0 Å². The number of hydrogen-bond donors (Lipinski definition) is 1. The molecule has 1 amide bonds. The van der Waals surface area contributed by atoms with E-state index in [1.54, 1.807) is 0 Å². The third-order valence-electron chi connectivity index (χ3n) is 4.89. The molecule has 0 radical (unpaired) electrons. The SMILES string of the molecule is Cc1ccc(NC(=O)CN2CCC(Cn3ccnc3)CC2)cc1C. The Labute approximate surface area is 143 Å². The van der Waals surface area contributed by atoms with Gasteiger partial charge in [-0.25, -0.2) is 4.98 Å². The molecular weight excluding hydrogens is 300 g/mol. The molecule has 0 bridgehead atoms. The Kier molecular flexibility index (Phi) is 5.30. The van der Waals surface area contributed by atoms with E-state index in [4.69, 9.17) is 0 Å². The summed E-state index contributed by atoms with van der Waals surface area (Å²) < 4.78 is 2.15. The van der Waals surface area contributed by atoms with Crippen LogP contribution in [0.15, 0.2) is 36.9 Å². The maximum atomic E-state index is 12.2. The third-order valence-corrected chi connectivity index (χ3v) is 4.89. The van der Waals surface area contributed by atoms with E-state index in [1.807, 2.05) is 36.9 Å². The molecule has 0 aliphatic carbocycles. The number of carbonyl (C=O) groups excluding carboxylic acids is 1. The van der Waals surface area contributed by atoms with Crippen LogP contribution in [-0.2, 0) is 11.3 Å². The van der Waals surface area contributed by atoms with Gasteiger partial charge in [0.15, 0.2) is 0 Å². The van der Waals surface area contributed by atoms with Crippen LogP contribution in [0.2, 0.25) is 0 Å². The summed E-state index contributed by atoms with van der Waals surface area (Å²) in [5, 5.41) is 3.01. The Morgan fingerprint density at radius 2 is 2.04 bits per heavy atom. The minimum atomic E-state index is 0.0753. The molecule has 5 nitrogen and oxygen atoms in total. The zero-order valence-corrected chi connectivity index (χ0v) is 14.5. The highest BCUT2D eigenvalue weighted by Gasteiger charge is 2.21. The Balaban J connectivity index is 1.43. The molecule has 2 aromatic rings. The third kappa shape index (κ3) is 4.45. The quantitative estimate of drug-likeness (QED) is 0.919. The number of rotatable bonds is 5. The fraction of sp³-hybridized carbons (Fsp3) is 0.474. The molecular formula is C19H26N4O. The van der Waals surface area contributed by atoms with Gasteiger partial charge in [0.2, 0.25) is 5.91 Å². The van der Waals surface area contributed by atoms with Crippen LogP contribution in [0.25, 0.3) is 0 Å². The minimum Gasteiger partial charge on any atom is -0.337 e. The number of carbonyl (C=O) groups is 1. The lowest BCUT2D eigenvalue weighted by Gasteiger charge is -2.31. The molecule has 1 aromatic carbocycles. The number of aromatic nitrogens is 2. The topological polar surface area (TPSA) is 50.2 Å². The van der Waals surface area contributed by atoms with Crippen LogP contribution in [-0.4, -0.2) is 40.0 Å². The van der Waals surface area contributed by atoms with Gasteiger partial charge in [-0.1, -0.05) is 6.07 Å². The molecule has 1 fully saturated rings. The Morgan fingerprint density at radius 3 is 2.71 bits per heavy atom. The van der Waals surface area contributed by atoms with Crippen LogP contribution in [0.3, 0.4) is 0 Å². The Hall–Kier alpha value is -2.14. The Morgan fingerprint density at radius 1 is 1.25 bits per heavy atom. The summed E-state index contributed by atoms with van der Waals surface area (Å²) in [6, 6.07) is 6.05. The molecule has 128 valence electrons. The number of piperidine rings is 1. The lowest BCUT2D eigenvalue weighted by atomic mass is 9.97. The number of aryl methyl sites for hydroxylation is 2. The second-order valence-corrected chi connectivity index (χ2v) is 6.83. The normalized spacial score (nSPS) is 16.2. The summed E-state index contributed by atoms with van der Waals surface area (Å²) in [7, 11) is 0. The first kappa shape index (κ1) is 16.7. The van der Waals surface area contributed by atoms with Crippen molar-refractivity contribution in [3.05, 3.63) is 48.0 Å². The molecule has 0 saturated carbocycles. The van der Waals surface area contributed by atoms with E-state index in [0.29, 0.717) is 12.5 Å². The highest BCUT2D eigenvalue weighted by molar-refractivity contribution is 5.92. The average Bonchev–Trinajstić information content (AvgIpc) is 3.06. The van der Waals surface area contributed by atoms with Gasteiger partial charge in [-0.3, -0.25) is 9.69 Å². The lowest BCUT2D eigenvalue weighted by Crippen LogP contribution is -2.39. The smallest absolute Gasteiger partial charge is 0.238 e. The first-order chi connectivity index (χ1) is 11.6. The summed E-state index contributed by atoms with van der Waals surface area (Å²) in [5.74, 6) is 0.754. The monoisotopic (exact) mass is 326 g/mol. The molecule has 1 aliphatic heterocycles. The number of hydrogen-bond acceptors (Lipinski definition) is 3. The van der Waals surface area contributed by atoms with E-state index >= 15 is 0 Å². The zero-order chi connectivity index (χ0) is 16.9. The lowest BCUT2D eigenvalue weighted by molar-refractivity contribution is -0.117. The van der Waals surface area contributed by atoms with Crippen molar-refractivity contribution < 1.29 is 4.79 Å². The van der Waals surface area contributed by atoms with Crippen LogP contribution >= 0.6 is 0 Å². The number of likely N-dealkylation sites (tertiary alicyclic amines) is 1. The number of amides is 1. The molecule has 1 N–H and O–H groups in total. The molecule has 24 heavy (non-hydrogen) atoms. The van der Waals surface area contributed by atoms with E-state index in [1.165, 1.54) is 11.1 Å². The molecule has 1 saturated heterocycles. The van der Waals surface area contributed by atoms with Gasteiger partial charge in [-0.05, 0) is 69.0 Å². The molecule has 1 aliphatic rings. The van der Waals surface area contributed by atoms with Crippen LogP contribution in [0.1, 0.15) is 24.0 Å². The number of benzene rings is 1. The minimum absolute atomic E-state index is 0.0753. The molecule has 5 heteroatoms. The first-order valence-electron chi connectivity index (χ1n) is 8.65. The molecule has 1 aromatic heterocycles. The van der Waals surface area contributed by atoms with E-state index in [9.17, 15) is 4.79 Å². The first-order valence-corrected chi connectivity index (χ1v) is 8.65. The van der Waals surface area contributed by atoms with Gasteiger partial charge in [0.05, 0.1) is 12.9 Å². The maximum Gasteiger partial charge on any atom is 0.238 e. The molecule has 0 atom stereocenters. The van der Waals surface area contributed by atoms with Crippen LogP contribution in [0, 0.1) is 19.8 Å². The van der Waals surface area contributed by atoms with Crippen molar-refractivity contribution in [2.24, 2.45) is 5.92 Å². The van der Waals surface area contributed by atoms with Gasteiger partial charge >= 0.3 is 0 Å². The predicted molar refractivity (Wildman–Crippen MR) is 95.9 cm³/mol. The van der Waals surface area contributed by atoms with Crippen molar-refractivity contribution in [2.75, 3.05) is 25.0 Å². The fourth-order valence-corrected chi connectivity index (χ4v) is 3.24. The number of anilines is 1. The highest BCUT2D eigenvalue weighted by atomic mass is 16.2. The molecule has 2 heterocycles. The number of imidazole rings is 1. The van der Waals surface area contributed by atoms with Crippen molar-refractivity contribution in [2.45, 2.75) is 33.2 Å². The summed E-state index contributed by atoms with van der Waals surface area (Å²) in [6.45, 7) is 7.62. The van der Waals surface area contributed by atoms with E-state index in [-0.39, 0.29) is 5.91 Å². The zero-order valence-electron chi connectivity index (χ0n) is 14.5. The maximum absolute atomic E-state index is 12.2. The van der Waals surface area contributed by atoms with Crippen molar-refractivity contribution >= 4 is 11.6 Å². The molecule has 0 spiro atoms. The number of nitrogens with zero attached hydrogens (tertiary/aromatic N) is 3. The van der Waals surface area contributed by atoms with Crippen LogP contribution in [0.5, 0.6) is 0 Å². The van der Waals surface area contributed by atoms with Crippen LogP contribution in [0.4, 0.5) is 5.69 Å². The second-order valence-electron chi connectivity index (χ2n) is 6.83. The standard InChI is InChI=1S/C19H26N4O/c1-15-3-4-18(11-16(15)2)21-19(24)13-22-8-5-17(6-9-22)12-23-10-7-20-14-23/h3-4,7,10-11,14,17H,5-6,8-9,12-13H2,1-2H3,(H,21,24). The van der Waals surface area contributed by atoms with Gasteiger partial charge in [0.1, 0.15) is 0 Å². The van der Waals surface area contributed by atoms with E-state index in [2.05, 4.69) is 33.6 Å². The van der Waals surface area contributed by atoms with Crippen molar-refractivity contribution in [1.29, 1.82) is 0 Å². The van der Waals surface area contributed by atoms with E-state index in [0.717, 1.165) is 38.2 Å². The van der Waals surface area contributed by atoms with Gasteiger partial charge in [0, 0.05) is 24.6 Å². The van der Waals surface area contributed by atoms with Gasteiger partial charge in [0.25, 0.3) is 0 Å². The molecule has 3 rings (SSSR count). The summed E-state index contributed by atoms with van der Waals surface area (Å²) >= 11 is 0. The molecule has 0 unspecified atom stereocenters. The average molecular weight is 326 g/mol. The van der Waals surface area contributed by atoms with Crippen molar-refractivity contribution in [3.63, 3.8) is 0 Å². The fourth-order valence-electron chi connectivity index (χ4n) is 3.24. The predicted octanol–water partition coefficient (Wildman–Crippen LogP) is 2.85. The van der Waals surface area contributed by atoms with E-state index < -0.39 is 0 Å². The number of nitrogens with one attached hydrogen (secondary N) is 1.